The van der Waals surface area contributed by atoms with Crippen LogP contribution in [0.2, 0.25) is 0 Å². The maximum Gasteiger partial charge on any atom is 0.330 e. The third-order valence-corrected chi connectivity index (χ3v) is 2.34. The van der Waals surface area contributed by atoms with Crippen molar-refractivity contribution in [3.8, 4) is 0 Å². The molecule has 0 aliphatic heterocycles. The van der Waals surface area contributed by atoms with Crippen LogP contribution in [0.1, 0.15) is 33.1 Å². The van der Waals surface area contributed by atoms with E-state index in [4.69, 9.17) is 0 Å². The van der Waals surface area contributed by atoms with Crippen molar-refractivity contribution in [1.82, 2.24) is 9.13 Å². The normalized spacial score (nSPS) is 10.5. The second kappa shape index (κ2) is 5.53. The molecule has 1 rings (SSSR count). The number of unbranched alkanes of at least 4 members (excludes halogenated alkanes) is 1. The van der Waals surface area contributed by atoms with E-state index in [1.807, 2.05) is 13.8 Å². The molecule has 15 heavy (non-hydrogen) atoms. The van der Waals surface area contributed by atoms with Crippen molar-refractivity contribution in [1.29, 1.82) is 0 Å². The van der Waals surface area contributed by atoms with Gasteiger partial charge in [0.15, 0.2) is 0 Å². The van der Waals surface area contributed by atoms with Gasteiger partial charge in [0.05, 0.1) is 0 Å². The molecule has 0 atom stereocenters. The molecule has 1 aromatic rings. The van der Waals surface area contributed by atoms with Crippen LogP contribution in [0.25, 0.3) is 0 Å². The second-order valence-electron chi connectivity index (χ2n) is 3.64. The van der Waals surface area contributed by atoms with Crippen molar-refractivity contribution in [3.05, 3.63) is 33.1 Å². The number of rotatable bonds is 5. The summed E-state index contributed by atoms with van der Waals surface area (Å²) in [5, 5.41) is 0. The minimum Gasteiger partial charge on any atom is -0.300 e. The predicted octanol–water partition coefficient (Wildman–Crippen LogP) is 1.22. The Balaban J connectivity index is 3.07. The summed E-state index contributed by atoms with van der Waals surface area (Å²) in [6, 6.07) is 1.46. The van der Waals surface area contributed by atoms with Gasteiger partial charge >= 0.3 is 5.69 Å². The molecule has 1 heterocycles. The monoisotopic (exact) mass is 210 g/mol. The molecule has 0 aliphatic rings. The molecule has 0 aliphatic carbocycles. The van der Waals surface area contributed by atoms with E-state index >= 15 is 0 Å². The van der Waals surface area contributed by atoms with Crippen LogP contribution in [0, 0.1) is 0 Å². The molecule has 4 heteroatoms. The number of aromatic nitrogens is 2. The first-order valence-electron chi connectivity index (χ1n) is 5.51. The van der Waals surface area contributed by atoms with Gasteiger partial charge < -0.3 is 4.57 Å². The molecule has 0 aromatic carbocycles. The minimum absolute atomic E-state index is 0.183. The molecule has 0 N–H and O–H groups in total. The van der Waals surface area contributed by atoms with E-state index in [0.717, 1.165) is 19.3 Å². The minimum atomic E-state index is -0.194. The van der Waals surface area contributed by atoms with Gasteiger partial charge in [-0.2, -0.15) is 0 Å². The lowest BCUT2D eigenvalue weighted by Crippen LogP contribution is -2.38. The van der Waals surface area contributed by atoms with E-state index in [1.54, 1.807) is 10.8 Å². The van der Waals surface area contributed by atoms with Gasteiger partial charge in [-0.1, -0.05) is 20.3 Å². The van der Waals surface area contributed by atoms with Crippen molar-refractivity contribution in [3.63, 3.8) is 0 Å². The fraction of sp³-hybridized carbons (Fsp3) is 0.636. The summed E-state index contributed by atoms with van der Waals surface area (Å²) in [4.78, 5) is 23.3. The molecule has 0 radical (unpaired) electrons. The first-order valence-corrected chi connectivity index (χ1v) is 5.51. The second-order valence-corrected chi connectivity index (χ2v) is 3.64. The molecule has 0 amide bonds. The van der Waals surface area contributed by atoms with Crippen LogP contribution in [0.5, 0.6) is 0 Å². The fourth-order valence-corrected chi connectivity index (χ4v) is 1.49. The molecule has 0 unspecified atom stereocenters. The number of nitrogens with zero attached hydrogens (tertiary/aromatic N) is 2. The average molecular weight is 210 g/mol. The zero-order valence-electron chi connectivity index (χ0n) is 9.40. The molecule has 4 nitrogen and oxygen atoms in total. The van der Waals surface area contributed by atoms with Crippen LogP contribution in [-0.2, 0) is 13.1 Å². The Hall–Kier alpha value is -1.32. The highest BCUT2D eigenvalue weighted by Crippen LogP contribution is 1.89. The van der Waals surface area contributed by atoms with Crippen LogP contribution in [0.4, 0.5) is 0 Å². The molecular formula is C11H18N2O2. The van der Waals surface area contributed by atoms with Crippen LogP contribution >= 0.6 is 0 Å². The van der Waals surface area contributed by atoms with E-state index in [-0.39, 0.29) is 11.2 Å². The molecule has 84 valence electrons. The van der Waals surface area contributed by atoms with Gasteiger partial charge in [0.25, 0.3) is 5.56 Å². The number of hydrogen-bond acceptors (Lipinski definition) is 2. The quantitative estimate of drug-likeness (QED) is 0.733. The molecule has 0 fully saturated rings. The Morgan fingerprint density at radius 1 is 1.13 bits per heavy atom. The zero-order chi connectivity index (χ0) is 11.3. The Labute approximate surface area is 89.2 Å². The summed E-state index contributed by atoms with van der Waals surface area (Å²) in [5.74, 6) is 0. The molecule has 1 aromatic heterocycles. The smallest absolute Gasteiger partial charge is 0.300 e. The van der Waals surface area contributed by atoms with E-state index in [9.17, 15) is 9.59 Å². The third kappa shape index (κ3) is 2.81. The predicted molar refractivity (Wildman–Crippen MR) is 60.2 cm³/mol. The summed E-state index contributed by atoms with van der Waals surface area (Å²) >= 11 is 0. The Kier molecular flexibility index (Phi) is 4.34. The lowest BCUT2D eigenvalue weighted by atomic mass is 10.3. The van der Waals surface area contributed by atoms with Gasteiger partial charge in [-0.3, -0.25) is 9.36 Å². The van der Waals surface area contributed by atoms with Gasteiger partial charge in [-0.05, 0) is 12.8 Å². The summed E-state index contributed by atoms with van der Waals surface area (Å²) < 4.78 is 2.91. The van der Waals surface area contributed by atoms with Crippen molar-refractivity contribution in [2.45, 2.75) is 46.2 Å². The van der Waals surface area contributed by atoms with E-state index < -0.39 is 0 Å². The van der Waals surface area contributed by atoms with Crippen molar-refractivity contribution in [2.75, 3.05) is 0 Å². The van der Waals surface area contributed by atoms with Crippen molar-refractivity contribution in [2.24, 2.45) is 0 Å². The summed E-state index contributed by atoms with van der Waals surface area (Å²) in [5.41, 5.74) is -0.376. The van der Waals surface area contributed by atoms with Gasteiger partial charge in [0, 0.05) is 25.4 Å². The fourth-order valence-electron chi connectivity index (χ4n) is 1.49. The summed E-state index contributed by atoms with van der Waals surface area (Å²) in [7, 11) is 0. The van der Waals surface area contributed by atoms with Gasteiger partial charge in [-0.25, -0.2) is 4.79 Å². The Morgan fingerprint density at radius 2 is 1.87 bits per heavy atom. The number of hydrogen-bond donors (Lipinski definition) is 0. The lowest BCUT2D eigenvalue weighted by molar-refractivity contribution is 0.526. The standard InChI is InChI=1S/C11H18N2O2/c1-3-5-8-13-10(14)6-9-12(7-4-2)11(13)15/h6,9H,3-5,7-8H2,1-2H3. The molecule has 0 spiro atoms. The zero-order valence-corrected chi connectivity index (χ0v) is 9.40. The molecular weight excluding hydrogens is 192 g/mol. The molecule has 0 saturated heterocycles. The average Bonchev–Trinajstić information content (AvgIpc) is 2.22. The largest absolute Gasteiger partial charge is 0.330 e. The SMILES string of the molecule is CCCCn1c(=O)ccn(CCC)c1=O. The topological polar surface area (TPSA) is 44.0 Å². The van der Waals surface area contributed by atoms with Crippen LogP contribution in [-0.4, -0.2) is 9.13 Å². The van der Waals surface area contributed by atoms with Gasteiger partial charge in [0.1, 0.15) is 0 Å². The summed E-state index contributed by atoms with van der Waals surface area (Å²) in [6.07, 6.45) is 4.32. The van der Waals surface area contributed by atoms with Gasteiger partial charge in [-0.15, -0.1) is 0 Å². The third-order valence-electron chi connectivity index (χ3n) is 2.34. The highest BCUT2D eigenvalue weighted by Gasteiger charge is 2.03. The maximum absolute atomic E-state index is 11.8. The highest BCUT2D eigenvalue weighted by atomic mass is 16.2. The lowest BCUT2D eigenvalue weighted by Gasteiger charge is -2.07. The first-order chi connectivity index (χ1) is 7.20. The number of aryl methyl sites for hydroxylation is 1. The Bertz CT molecular complexity index is 417. The first kappa shape index (κ1) is 11.8. The van der Waals surface area contributed by atoms with Crippen LogP contribution in [0.15, 0.2) is 21.9 Å². The highest BCUT2D eigenvalue weighted by molar-refractivity contribution is 4.86. The molecule has 0 saturated carbocycles. The van der Waals surface area contributed by atoms with E-state index in [2.05, 4.69) is 0 Å². The van der Waals surface area contributed by atoms with E-state index in [0.29, 0.717) is 13.1 Å². The van der Waals surface area contributed by atoms with Crippen LogP contribution in [0.3, 0.4) is 0 Å². The Morgan fingerprint density at radius 3 is 2.47 bits per heavy atom. The van der Waals surface area contributed by atoms with Crippen molar-refractivity contribution < 1.29 is 0 Å². The van der Waals surface area contributed by atoms with Crippen LogP contribution < -0.4 is 11.2 Å². The summed E-state index contributed by atoms with van der Waals surface area (Å²) in [6.45, 7) is 5.25. The maximum atomic E-state index is 11.8. The molecule has 0 bridgehead atoms. The van der Waals surface area contributed by atoms with E-state index in [1.165, 1.54) is 10.6 Å². The van der Waals surface area contributed by atoms with Crippen molar-refractivity contribution >= 4 is 0 Å². The van der Waals surface area contributed by atoms with Gasteiger partial charge in [0.2, 0.25) is 0 Å².